The van der Waals surface area contributed by atoms with E-state index < -0.39 is 23.8 Å². The van der Waals surface area contributed by atoms with Crippen LogP contribution >= 0.6 is 34.5 Å². The first-order valence-corrected chi connectivity index (χ1v) is 14.1. The monoisotopic (exact) mass is 617 g/mol. The number of ether oxygens (including phenoxy) is 3. The number of methoxy groups -OCH3 is 1. The van der Waals surface area contributed by atoms with E-state index >= 15 is 0 Å². The van der Waals surface area contributed by atoms with Crippen molar-refractivity contribution in [2.75, 3.05) is 19.0 Å². The number of benzene rings is 2. The van der Waals surface area contributed by atoms with E-state index in [-0.39, 0.29) is 33.7 Å². The Kier molecular flexibility index (Phi) is 9.98. The van der Waals surface area contributed by atoms with Crippen LogP contribution in [0.5, 0.6) is 11.5 Å². The smallest absolute Gasteiger partial charge is 0.343 e. The number of amides is 2. The zero-order valence-corrected chi connectivity index (χ0v) is 24.4. The van der Waals surface area contributed by atoms with Gasteiger partial charge in [-0.25, -0.2) is 15.0 Å². The zero-order chi connectivity index (χ0) is 29.5. The second-order valence-corrected chi connectivity index (χ2v) is 10.6. The Bertz CT molecular complexity index is 1540. The second-order valence-electron chi connectivity index (χ2n) is 8.72. The molecule has 1 heterocycles. The highest BCUT2D eigenvalue weighted by Crippen LogP contribution is 2.38. The molecule has 10 nitrogen and oxygen atoms in total. The number of hydrazone groups is 1. The average Bonchev–Trinajstić information content (AvgIpc) is 3.33. The van der Waals surface area contributed by atoms with Gasteiger partial charge in [0.15, 0.2) is 11.5 Å². The Hall–Kier alpha value is -3.93. The number of aryl methyl sites for hydroxylation is 1. The van der Waals surface area contributed by atoms with Crippen LogP contribution in [0.15, 0.2) is 41.5 Å². The summed E-state index contributed by atoms with van der Waals surface area (Å²) in [6, 6.07) is 8.93. The predicted octanol–water partition coefficient (Wildman–Crippen LogP) is 5.43. The first-order chi connectivity index (χ1) is 19.7. The molecule has 41 heavy (non-hydrogen) atoms. The molecule has 0 aliphatic heterocycles. The molecule has 0 fully saturated rings. The standard InChI is InChI=1S/C28H25Cl2N3O7S/c1-3-39-28(37)23-17-6-4-5-7-22(17)41-26(23)32-24(34)25(35)33-31-14-15-8-11-20(21(12-15)38-2)40-27(36)16-9-10-18(29)19(30)13-16/h8-14H,3-7H2,1-2H3,(H,32,34)(H,33,35)/b31-14+. The average molecular weight is 618 g/mol. The minimum atomic E-state index is -1.03. The van der Waals surface area contributed by atoms with Gasteiger partial charge in [-0.15, -0.1) is 11.3 Å². The van der Waals surface area contributed by atoms with Gasteiger partial charge in [0, 0.05) is 4.88 Å². The van der Waals surface area contributed by atoms with Gasteiger partial charge in [0.05, 0.1) is 41.1 Å². The minimum absolute atomic E-state index is 0.139. The fourth-order valence-electron chi connectivity index (χ4n) is 4.08. The Morgan fingerprint density at radius 3 is 2.49 bits per heavy atom. The van der Waals surface area contributed by atoms with E-state index in [4.69, 9.17) is 37.4 Å². The van der Waals surface area contributed by atoms with Gasteiger partial charge >= 0.3 is 23.8 Å². The molecule has 3 aromatic rings. The van der Waals surface area contributed by atoms with E-state index in [9.17, 15) is 19.2 Å². The molecule has 0 unspecified atom stereocenters. The van der Waals surface area contributed by atoms with Crippen molar-refractivity contribution >= 4 is 69.5 Å². The summed E-state index contributed by atoms with van der Waals surface area (Å²) < 4.78 is 15.9. The first kappa shape index (κ1) is 30.0. The number of hydrogen-bond donors (Lipinski definition) is 2. The van der Waals surface area contributed by atoms with Crippen LogP contribution in [0, 0.1) is 0 Å². The molecule has 0 atom stereocenters. The van der Waals surface area contributed by atoms with Crippen molar-refractivity contribution in [2.24, 2.45) is 5.10 Å². The number of rotatable bonds is 8. The van der Waals surface area contributed by atoms with E-state index in [0.717, 1.165) is 29.7 Å². The first-order valence-electron chi connectivity index (χ1n) is 12.5. The highest BCUT2D eigenvalue weighted by atomic mass is 35.5. The summed E-state index contributed by atoms with van der Waals surface area (Å²) in [5.41, 5.74) is 4.02. The van der Waals surface area contributed by atoms with Crippen molar-refractivity contribution in [3.05, 3.63) is 73.6 Å². The van der Waals surface area contributed by atoms with Gasteiger partial charge in [-0.05, 0) is 80.1 Å². The van der Waals surface area contributed by atoms with Crippen LogP contribution < -0.4 is 20.2 Å². The molecule has 214 valence electrons. The number of carbonyl (C=O) groups excluding carboxylic acids is 4. The molecular weight excluding hydrogens is 593 g/mol. The van der Waals surface area contributed by atoms with Crippen LogP contribution in [-0.4, -0.2) is 43.7 Å². The summed E-state index contributed by atoms with van der Waals surface area (Å²) in [4.78, 5) is 51.1. The Morgan fingerprint density at radius 2 is 1.76 bits per heavy atom. The van der Waals surface area contributed by atoms with E-state index in [0.29, 0.717) is 22.6 Å². The van der Waals surface area contributed by atoms with Crippen molar-refractivity contribution < 1.29 is 33.4 Å². The lowest BCUT2D eigenvalue weighted by Gasteiger charge is -2.12. The van der Waals surface area contributed by atoms with Crippen molar-refractivity contribution in [1.29, 1.82) is 0 Å². The molecule has 13 heteroatoms. The van der Waals surface area contributed by atoms with Crippen molar-refractivity contribution in [1.82, 2.24) is 5.43 Å². The van der Waals surface area contributed by atoms with Gasteiger partial charge in [0.1, 0.15) is 5.00 Å². The van der Waals surface area contributed by atoms with E-state index in [1.165, 1.54) is 55.0 Å². The van der Waals surface area contributed by atoms with Crippen molar-refractivity contribution in [2.45, 2.75) is 32.6 Å². The fourth-order valence-corrected chi connectivity index (χ4v) is 5.65. The van der Waals surface area contributed by atoms with Crippen LogP contribution in [-0.2, 0) is 27.2 Å². The molecule has 1 aromatic heterocycles. The number of halogens is 2. The third-order valence-corrected chi connectivity index (χ3v) is 7.96. The maximum Gasteiger partial charge on any atom is 0.343 e. The number of esters is 2. The van der Waals surface area contributed by atoms with Gasteiger partial charge in [0.2, 0.25) is 0 Å². The highest BCUT2D eigenvalue weighted by molar-refractivity contribution is 7.17. The number of fused-ring (bicyclic) bond motifs is 1. The lowest BCUT2D eigenvalue weighted by molar-refractivity contribution is -0.136. The zero-order valence-electron chi connectivity index (χ0n) is 22.0. The Labute approximate surface area is 249 Å². The van der Waals surface area contributed by atoms with E-state index in [1.807, 2.05) is 0 Å². The second kappa shape index (κ2) is 13.6. The molecule has 0 bridgehead atoms. The number of nitrogens with one attached hydrogen (secondary N) is 2. The third-order valence-electron chi connectivity index (χ3n) is 6.01. The van der Waals surface area contributed by atoms with Gasteiger partial charge in [0.25, 0.3) is 0 Å². The van der Waals surface area contributed by atoms with E-state index in [2.05, 4.69) is 15.8 Å². The molecule has 2 aromatic carbocycles. The van der Waals surface area contributed by atoms with Crippen molar-refractivity contribution in [3.63, 3.8) is 0 Å². The van der Waals surface area contributed by atoms with Gasteiger partial charge < -0.3 is 19.5 Å². The van der Waals surface area contributed by atoms with Crippen LogP contribution in [0.2, 0.25) is 10.0 Å². The predicted molar refractivity (Wildman–Crippen MR) is 156 cm³/mol. The SMILES string of the molecule is CCOC(=O)c1c(NC(=O)C(=O)N/N=C/c2ccc(OC(=O)c3ccc(Cl)c(Cl)c3)c(OC)c2)sc2c1CCCC2. The quantitative estimate of drug-likeness (QED) is 0.113. The summed E-state index contributed by atoms with van der Waals surface area (Å²) >= 11 is 13.1. The van der Waals surface area contributed by atoms with Crippen molar-refractivity contribution in [3.8, 4) is 11.5 Å². The molecule has 1 aliphatic rings. The van der Waals surface area contributed by atoms with Gasteiger partial charge in [-0.2, -0.15) is 5.10 Å². The van der Waals surface area contributed by atoms with Crippen LogP contribution in [0.1, 0.15) is 56.5 Å². The molecule has 0 saturated carbocycles. The number of thiophene rings is 1. The van der Waals surface area contributed by atoms with Crippen LogP contribution in [0.3, 0.4) is 0 Å². The summed E-state index contributed by atoms with van der Waals surface area (Å²) in [7, 11) is 1.39. The third kappa shape index (κ3) is 7.24. The Morgan fingerprint density at radius 1 is 0.976 bits per heavy atom. The molecule has 0 spiro atoms. The molecule has 2 amide bonds. The number of anilines is 1. The molecule has 4 rings (SSSR count). The lowest BCUT2D eigenvalue weighted by Crippen LogP contribution is -2.32. The maximum absolute atomic E-state index is 12.6. The summed E-state index contributed by atoms with van der Waals surface area (Å²) in [6.45, 7) is 1.89. The summed E-state index contributed by atoms with van der Waals surface area (Å²) in [5, 5.41) is 7.16. The molecular formula is C28H25Cl2N3O7S. The van der Waals surface area contributed by atoms with Crippen LogP contribution in [0.4, 0.5) is 5.00 Å². The molecule has 0 radical (unpaired) electrons. The number of hydrogen-bond acceptors (Lipinski definition) is 9. The normalized spacial score (nSPS) is 12.4. The highest BCUT2D eigenvalue weighted by Gasteiger charge is 2.28. The number of carbonyl (C=O) groups is 4. The van der Waals surface area contributed by atoms with Gasteiger partial charge in [-0.3, -0.25) is 9.59 Å². The van der Waals surface area contributed by atoms with E-state index in [1.54, 1.807) is 13.0 Å². The minimum Gasteiger partial charge on any atom is -0.493 e. The van der Waals surface area contributed by atoms with Gasteiger partial charge in [-0.1, -0.05) is 23.2 Å². The largest absolute Gasteiger partial charge is 0.493 e. The maximum atomic E-state index is 12.6. The Balaban J connectivity index is 1.39. The van der Waals surface area contributed by atoms with Crippen LogP contribution in [0.25, 0.3) is 0 Å². The lowest BCUT2D eigenvalue weighted by atomic mass is 9.95. The molecule has 1 aliphatic carbocycles. The molecule has 0 saturated heterocycles. The summed E-state index contributed by atoms with van der Waals surface area (Å²) in [5.74, 6) is -2.84. The topological polar surface area (TPSA) is 132 Å². The number of nitrogens with zero attached hydrogens (tertiary/aromatic N) is 1. The fraction of sp³-hybridized carbons (Fsp3) is 0.250. The summed E-state index contributed by atoms with van der Waals surface area (Å²) in [6.07, 6.45) is 4.72. The molecule has 2 N–H and O–H groups in total.